The summed E-state index contributed by atoms with van der Waals surface area (Å²) in [6.07, 6.45) is 1.37. The second-order valence-corrected chi connectivity index (χ2v) is 5.26. The molecular weight excluding hydrogens is 296 g/mol. The molecule has 0 unspecified atom stereocenters. The van der Waals surface area contributed by atoms with E-state index in [1.807, 2.05) is 24.3 Å². The Bertz CT molecular complexity index is 648. The van der Waals surface area contributed by atoms with E-state index in [2.05, 4.69) is 20.5 Å². The molecule has 2 aromatic rings. The first kappa shape index (κ1) is 15.5. The number of aromatic nitrogens is 1. The minimum atomic E-state index is -0.282. The summed E-state index contributed by atoms with van der Waals surface area (Å²) in [5.41, 5.74) is 2.13. The first-order chi connectivity index (χ1) is 11.3. The first-order valence-electron chi connectivity index (χ1n) is 7.59. The summed E-state index contributed by atoms with van der Waals surface area (Å²) in [5.74, 6) is 0.204. The Hall–Kier alpha value is -2.38. The number of carbonyl (C=O) groups is 1. The number of benzene rings is 1. The van der Waals surface area contributed by atoms with Gasteiger partial charge in [-0.15, -0.1) is 0 Å². The number of hydrogen-bond donors (Lipinski definition) is 2. The van der Waals surface area contributed by atoms with Crippen molar-refractivity contribution in [2.45, 2.75) is 6.54 Å². The van der Waals surface area contributed by atoms with Gasteiger partial charge in [-0.05, 0) is 31.3 Å². The molecule has 0 radical (unpaired) electrons. The number of anilines is 2. The molecule has 2 N–H and O–H groups in total. The summed E-state index contributed by atoms with van der Waals surface area (Å²) in [7, 11) is 1.79. The van der Waals surface area contributed by atoms with Crippen LogP contribution in [0.25, 0.3) is 0 Å². The van der Waals surface area contributed by atoms with Crippen molar-refractivity contribution in [2.75, 3.05) is 43.6 Å². The molecule has 23 heavy (non-hydrogen) atoms. The van der Waals surface area contributed by atoms with Crippen molar-refractivity contribution in [1.29, 1.82) is 0 Å². The SMILES string of the molecule is CNCc1nc(C(=O)Nc2ccc(N3CCOCC3)cc2)co1. The quantitative estimate of drug-likeness (QED) is 0.870. The van der Waals surface area contributed by atoms with Crippen molar-refractivity contribution in [3.8, 4) is 0 Å². The summed E-state index contributed by atoms with van der Waals surface area (Å²) < 4.78 is 10.6. The molecule has 0 atom stereocenters. The number of amides is 1. The molecule has 0 bridgehead atoms. The van der Waals surface area contributed by atoms with Crippen LogP contribution >= 0.6 is 0 Å². The van der Waals surface area contributed by atoms with Crippen LogP contribution in [0.3, 0.4) is 0 Å². The fraction of sp³-hybridized carbons (Fsp3) is 0.375. The zero-order chi connectivity index (χ0) is 16.1. The summed E-state index contributed by atoms with van der Waals surface area (Å²) in [4.78, 5) is 18.5. The molecule has 2 heterocycles. The highest BCUT2D eigenvalue weighted by atomic mass is 16.5. The van der Waals surface area contributed by atoms with Gasteiger partial charge in [0.1, 0.15) is 6.26 Å². The number of rotatable bonds is 5. The third-order valence-corrected chi connectivity index (χ3v) is 3.61. The van der Waals surface area contributed by atoms with E-state index in [1.165, 1.54) is 6.26 Å². The van der Waals surface area contributed by atoms with Crippen molar-refractivity contribution in [3.05, 3.63) is 42.1 Å². The number of ether oxygens (including phenoxy) is 1. The number of nitrogens with zero attached hydrogens (tertiary/aromatic N) is 2. The van der Waals surface area contributed by atoms with Crippen LogP contribution in [0.5, 0.6) is 0 Å². The molecule has 1 aromatic carbocycles. The second-order valence-electron chi connectivity index (χ2n) is 5.26. The maximum absolute atomic E-state index is 12.1. The average molecular weight is 316 g/mol. The van der Waals surface area contributed by atoms with Gasteiger partial charge >= 0.3 is 0 Å². The number of oxazole rings is 1. The van der Waals surface area contributed by atoms with Gasteiger partial charge in [-0.25, -0.2) is 4.98 Å². The Labute approximate surface area is 134 Å². The highest BCUT2D eigenvalue weighted by Crippen LogP contribution is 2.19. The predicted molar refractivity (Wildman–Crippen MR) is 86.7 cm³/mol. The van der Waals surface area contributed by atoms with Crippen LogP contribution in [-0.2, 0) is 11.3 Å². The maximum atomic E-state index is 12.1. The molecule has 1 aliphatic heterocycles. The summed E-state index contributed by atoms with van der Waals surface area (Å²) in [5, 5.41) is 5.74. The van der Waals surface area contributed by atoms with Crippen molar-refractivity contribution in [3.63, 3.8) is 0 Å². The van der Waals surface area contributed by atoms with Crippen LogP contribution in [0.15, 0.2) is 34.9 Å². The van der Waals surface area contributed by atoms with Crippen LogP contribution < -0.4 is 15.5 Å². The molecular formula is C16H20N4O3. The Morgan fingerprint density at radius 2 is 2.00 bits per heavy atom. The van der Waals surface area contributed by atoms with Gasteiger partial charge in [0.05, 0.1) is 19.8 Å². The monoisotopic (exact) mass is 316 g/mol. The Morgan fingerprint density at radius 1 is 1.26 bits per heavy atom. The van der Waals surface area contributed by atoms with Gasteiger partial charge in [-0.3, -0.25) is 4.79 Å². The van der Waals surface area contributed by atoms with Crippen molar-refractivity contribution in [2.24, 2.45) is 0 Å². The zero-order valence-electron chi connectivity index (χ0n) is 13.0. The molecule has 1 saturated heterocycles. The fourth-order valence-corrected chi connectivity index (χ4v) is 2.42. The van der Waals surface area contributed by atoms with E-state index >= 15 is 0 Å². The third-order valence-electron chi connectivity index (χ3n) is 3.61. The molecule has 0 saturated carbocycles. The van der Waals surface area contributed by atoms with Gasteiger partial charge < -0.3 is 24.7 Å². The van der Waals surface area contributed by atoms with E-state index < -0.39 is 0 Å². The second kappa shape index (κ2) is 7.26. The lowest BCUT2D eigenvalue weighted by molar-refractivity contribution is 0.102. The number of morpholine rings is 1. The molecule has 0 spiro atoms. The van der Waals surface area contributed by atoms with E-state index in [-0.39, 0.29) is 11.6 Å². The highest BCUT2D eigenvalue weighted by molar-refractivity contribution is 6.02. The smallest absolute Gasteiger partial charge is 0.277 e. The fourth-order valence-electron chi connectivity index (χ4n) is 2.42. The predicted octanol–water partition coefficient (Wildman–Crippen LogP) is 1.48. The van der Waals surface area contributed by atoms with E-state index in [0.717, 1.165) is 37.7 Å². The molecule has 7 nitrogen and oxygen atoms in total. The highest BCUT2D eigenvalue weighted by Gasteiger charge is 2.13. The minimum Gasteiger partial charge on any atom is -0.447 e. The molecule has 7 heteroatoms. The van der Waals surface area contributed by atoms with Gasteiger partial charge in [0.2, 0.25) is 5.89 Å². The molecule has 3 rings (SSSR count). The van der Waals surface area contributed by atoms with Crippen molar-refractivity contribution >= 4 is 17.3 Å². The lowest BCUT2D eigenvalue weighted by Gasteiger charge is -2.28. The molecule has 1 amide bonds. The van der Waals surface area contributed by atoms with E-state index in [4.69, 9.17) is 9.15 Å². The van der Waals surface area contributed by atoms with Gasteiger partial charge in [0.25, 0.3) is 5.91 Å². The number of hydrogen-bond acceptors (Lipinski definition) is 6. The standard InChI is InChI=1S/C16H20N4O3/c1-17-10-15-19-14(11-23-15)16(21)18-12-2-4-13(5-3-12)20-6-8-22-9-7-20/h2-5,11,17H,6-10H2,1H3,(H,18,21). The van der Waals surface area contributed by atoms with Gasteiger partial charge in [-0.1, -0.05) is 0 Å². The Balaban J connectivity index is 1.61. The third kappa shape index (κ3) is 3.88. The largest absolute Gasteiger partial charge is 0.447 e. The van der Waals surface area contributed by atoms with E-state index in [1.54, 1.807) is 7.05 Å². The molecule has 122 valence electrons. The normalized spacial score (nSPS) is 14.7. The summed E-state index contributed by atoms with van der Waals surface area (Å²) >= 11 is 0. The Kier molecular flexibility index (Phi) is 4.89. The lowest BCUT2D eigenvalue weighted by Crippen LogP contribution is -2.36. The van der Waals surface area contributed by atoms with Gasteiger partial charge in [-0.2, -0.15) is 0 Å². The molecule has 1 fully saturated rings. The average Bonchev–Trinajstić information content (AvgIpc) is 3.06. The zero-order valence-corrected chi connectivity index (χ0v) is 13.0. The number of nitrogens with one attached hydrogen (secondary N) is 2. The van der Waals surface area contributed by atoms with Crippen LogP contribution in [0.1, 0.15) is 16.4 Å². The number of carbonyl (C=O) groups excluding carboxylic acids is 1. The van der Waals surface area contributed by atoms with Crippen LogP contribution in [0.4, 0.5) is 11.4 Å². The molecule has 1 aromatic heterocycles. The van der Waals surface area contributed by atoms with Crippen LogP contribution in [-0.4, -0.2) is 44.2 Å². The van der Waals surface area contributed by atoms with Crippen molar-refractivity contribution in [1.82, 2.24) is 10.3 Å². The van der Waals surface area contributed by atoms with Crippen LogP contribution in [0, 0.1) is 0 Å². The van der Waals surface area contributed by atoms with E-state index in [9.17, 15) is 4.79 Å². The van der Waals surface area contributed by atoms with Gasteiger partial charge in [0, 0.05) is 24.5 Å². The molecule has 0 aliphatic carbocycles. The maximum Gasteiger partial charge on any atom is 0.277 e. The first-order valence-corrected chi connectivity index (χ1v) is 7.59. The molecule has 1 aliphatic rings. The summed E-state index contributed by atoms with van der Waals surface area (Å²) in [6.45, 7) is 3.76. The van der Waals surface area contributed by atoms with Crippen molar-refractivity contribution < 1.29 is 13.9 Å². The lowest BCUT2D eigenvalue weighted by atomic mass is 10.2. The Morgan fingerprint density at radius 3 is 2.70 bits per heavy atom. The summed E-state index contributed by atoms with van der Waals surface area (Å²) in [6, 6.07) is 7.76. The minimum absolute atomic E-state index is 0.271. The topological polar surface area (TPSA) is 79.6 Å². The van der Waals surface area contributed by atoms with Crippen LogP contribution in [0.2, 0.25) is 0 Å². The van der Waals surface area contributed by atoms with Gasteiger partial charge in [0.15, 0.2) is 5.69 Å². The van der Waals surface area contributed by atoms with E-state index in [0.29, 0.717) is 12.4 Å².